The summed E-state index contributed by atoms with van der Waals surface area (Å²) in [4.78, 5) is 22.8. The van der Waals surface area contributed by atoms with Crippen molar-refractivity contribution in [1.82, 2.24) is 5.32 Å². The summed E-state index contributed by atoms with van der Waals surface area (Å²) in [5, 5.41) is 22.3. The van der Waals surface area contributed by atoms with Gasteiger partial charge in [0.2, 0.25) is 5.91 Å². The molecule has 1 aliphatic rings. The van der Waals surface area contributed by atoms with Crippen molar-refractivity contribution >= 4 is 11.9 Å². The Balaban J connectivity index is 2.92. The maximum atomic E-state index is 11.5. The first-order valence-corrected chi connectivity index (χ1v) is 8.05. The van der Waals surface area contributed by atoms with Crippen LogP contribution in [-0.4, -0.2) is 65.9 Å². The first-order valence-electron chi connectivity index (χ1n) is 8.05. The lowest BCUT2D eigenvalue weighted by Gasteiger charge is -2.43. The van der Waals surface area contributed by atoms with E-state index in [1.54, 1.807) is 0 Å². The number of carbonyl (C=O) groups is 2. The molecule has 0 saturated carbocycles. The molecule has 5 atom stereocenters. The topological polar surface area (TPSA) is 114 Å². The Morgan fingerprint density at radius 3 is 2.33 bits per heavy atom. The summed E-state index contributed by atoms with van der Waals surface area (Å²) in [6.07, 6.45) is -3.53. The van der Waals surface area contributed by atoms with E-state index >= 15 is 0 Å². The Labute approximate surface area is 142 Å². The van der Waals surface area contributed by atoms with Gasteiger partial charge in [-0.15, -0.1) is 0 Å². The molecule has 1 amide bonds. The first-order chi connectivity index (χ1) is 11.0. The summed E-state index contributed by atoms with van der Waals surface area (Å²) >= 11 is 0. The van der Waals surface area contributed by atoms with Crippen LogP contribution in [0.3, 0.4) is 0 Å². The number of esters is 1. The third kappa shape index (κ3) is 6.35. The smallest absolute Gasteiger partial charge is 0.303 e. The highest BCUT2D eigenvalue weighted by Gasteiger charge is 2.48. The van der Waals surface area contributed by atoms with Gasteiger partial charge in [-0.25, -0.2) is 0 Å². The number of rotatable bonds is 6. The Kier molecular flexibility index (Phi) is 7.59. The van der Waals surface area contributed by atoms with Gasteiger partial charge >= 0.3 is 5.97 Å². The Bertz CT molecular complexity index is 435. The SMILES string of the molecule is CC(=O)NC1C(OCCC(C)(C)C)OC(CO)C(O)C1OC(C)=O. The van der Waals surface area contributed by atoms with Crippen molar-refractivity contribution < 1.29 is 34.0 Å². The number of hydrogen-bond donors (Lipinski definition) is 3. The molecular weight excluding hydrogens is 318 g/mol. The minimum atomic E-state index is -1.28. The highest BCUT2D eigenvalue weighted by atomic mass is 16.7. The van der Waals surface area contributed by atoms with Gasteiger partial charge in [0.15, 0.2) is 12.4 Å². The molecular formula is C16H29NO7. The lowest BCUT2D eigenvalue weighted by atomic mass is 9.93. The van der Waals surface area contributed by atoms with Gasteiger partial charge in [0.25, 0.3) is 0 Å². The van der Waals surface area contributed by atoms with Gasteiger partial charge in [-0.2, -0.15) is 0 Å². The second-order valence-corrected chi connectivity index (χ2v) is 7.20. The van der Waals surface area contributed by atoms with Gasteiger partial charge in [-0.3, -0.25) is 9.59 Å². The van der Waals surface area contributed by atoms with Crippen LogP contribution in [0.5, 0.6) is 0 Å². The molecule has 140 valence electrons. The van der Waals surface area contributed by atoms with Gasteiger partial charge in [0.1, 0.15) is 18.2 Å². The molecule has 1 aliphatic heterocycles. The minimum absolute atomic E-state index is 0.0450. The predicted octanol–water partition coefficient (Wildman–Crippen LogP) is -0.0463. The fraction of sp³-hybridized carbons (Fsp3) is 0.875. The molecule has 0 aromatic rings. The summed E-state index contributed by atoms with van der Waals surface area (Å²) in [6, 6.07) is -0.871. The van der Waals surface area contributed by atoms with Crippen molar-refractivity contribution in [2.45, 2.75) is 71.7 Å². The largest absolute Gasteiger partial charge is 0.457 e. The van der Waals surface area contributed by atoms with Gasteiger partial charge < -0.3 is 29.7 Å². The Morgan fingerprint density at radius 1 is 1.25 bits per heavy atom. The zero-order valence-corrected chi connectivity index (χ0v) is 14.9. The van der Waals surface area contributed by atoms with Crippen LogP contribution in [-0.2, 0) is 23.8 Å². The lowest BCUT2D eigenvalue weighted by molar-refractivity contribution is -0.274. The van der Waals surface area contributed by atoms with E-state index in [1.165, 1.54) is 13.8 Å². The number of hydrogen-bond acceptors (Lipinski definition) is 7. The van der Waals surface area contributed by atoms with Crippen LogP contribution >= 0.6 is 0 Å². The van der Waals surface area contributed by atoms with E-state index in [0.29, 0.717) is 6.61 Å². The van der Waals surface area contributed by atoms with E-state index in [9.17, 15) is 19.8 Å². The van der Waals surface area contributed by atoms with Crippen LogP contribution in [0.15, 0.2) is 0 Å². The molecule has 0 bridgehead atoms. The molecule has 8 nitrogen and oxygen atoms in total. The van der Waals surface area contributed by atoms with Crippen LogP contribution in [0.2, 0.25) is 0 Å². The molecule has 3 N–H and O–H groups in total. The van der Waals surface area contributed by atoms with Gasteiger partial charge in [0, 0.05) is 13.8 Å². The van der Waals surface area contributed by atoms with Crippen molar-refractivity contribution in [3.8, 4) is 0 Å². The van der Waals surface area contributed by atoms with E-state index in [-0.39, 0.29) is 11.3 Å². The predicted molar refractivity (Wildman–Crippen MR) is 84.9 cm³/mol. The molecule has 1 fully saturated rings. The maximum absolute atomic E-state index is 11.5. The van der Waals surface area contributed by atoms with Crippen LogP contribution in [0.1, 0.15) is 41.0 Å². The average Bonchev–Trinajstić information content (AvgIpc) is 2.43. The number of amides is 1. The summed E-state index contributed by atoms with van der Waals surface area (Å²) in [7, 11) is 0. The standard InChI is InChI=1S/C16H29NO7/c1-9(19)17-12-14(23-10(2)20)13(21)11(8-18)24-15(12)22-7-6-16(3,4)5/h11-15,18,21H,6-8H2,1-5H3,(H,17,19). The number of carbonyl (C=O) groups excluding carboxylic acids is 2. The third-order valence-corrected chi connectivity index (χ3v) is 3.66. The highest BCUT2D eigenvalue weighted by molar-refractivity contribution is 5.73. The molecule has 0 aliphatic carbocycles. The molecule has 1 rings (SSSR count). The van der Waals surface area contributed by atoms with E-state index in [0.717, 1.165) is 6.42 Å². The van der Waals surface area contributed by atoms with E-state index < -0.39 is 43.2 Å². The molecule has 8 heteroatoms. The van der Waals surface area contributed by atoms with Crippen LogP contribution < -0.4 is 5.32 Å². The summed E-state index contributed by atoms with van der Waals surface area (Å²) < 4.78 is 16.4. The van der Waals surface area contributed by atoms with E-state index in [1.807, 2.05) is 0 Å². The van der Waals surface area contributed by atoms with Crippen molar-refractivity contribution in [2.75, 3.05) is 13.2 Å². The van der Waals surface area contributed by atoms with Crippen molar-refractivity contribution in [3.05, 3.63) is 0 Å². The molecule has 0 aromatic heterocycles. The van der Waals surface area contributed by atoms with Gasteiger partial charge in [-0.05, 0) is 11.8 Å². The minimum Gasteiger partial charge on any atom is -0.457 e. The van der Waals surface area contributed by atoms with Crippen molar-refractivity contribution in [3.63, 3.8) is 0 Å². The second-order valence-electron chi connectivity index (χ2n) is 7.20. The Hall–Kier alpha value is -1.22. The molecule has 0 spiro atoms. The normalized spacial score (nSPS) is 30.7. The first kappa shape index (κ1) is 20.8. The number of ether oxygens (including phenoxy) is 3. The van der Waals surface area contributed by atoms with Crippen LogP contribution in [0.4, 0.5) is 0 Å². The lowest BCUT2D eigenvalue weighted by Crippen LogP contribution is -2.65. The van der Waals surface area contributed by atoms with E-state index in [4.69, 9.17) is 14.2 Å². The second kappa shape index (κ2) is 8.75. The number of nitrogens with one attached hydrogen (secondary N) is 1. The summed E-state index contributed by atoms with van der Waals surface area (Å²) in [5.74, 6) is -0.985. The maximum Gasteiger partial charge on any atom is 0.303 e. The molecule has 0 radical (unpaired) electrons. The third-order valence-electron chi connectivity index (χ3n) is 3.66. The quantitative estimate of drug-likeness (QED) is 0.577. The van der Waals surface area contributed by atoms with Crippen LogP contribution in [0, 0.1) is 5.41 Å². The van der Waals surface area contributed by atoms with Crippen molar-refractivity contribution in [2.24, 2.45) is 5.41 Å². The monoisotopic (exact) mass is 347 g/mol. The van der Waals surface area contributed by atoms with Crippen LogP contribution in [0.25, 0.3) is 0 Å². The van der Waals surface area contributed by atoms with Gasteiger partial charge in [-0.1, -0.05) is 20.8 Å². The summed E-state index contributed by atoms with van der Waals surface area (Å²) in [5.41, 5.74) is 0.0450. The fourth-order valence-electron chi connectivity index (χ4n) is 2.41. The van der Waals surface area contributed by atoms with E-state index in [2.05, 4.69) is 26.1 Å². The molecule has 1 saturated heterocycles. The zero-order chi connectivity index (χ0) is 18.5. The Morgan fingerprint density at radius 2 is 1.88 bits per heavy atom. The molecule has 24 heavy (non-hydrogen) atoms. The van der Waals surface area contributed by atoms with Gasteiger partial charge in [0.05, 0.1) is 13.2 Å². The molecule has 0 aromatic carbocycles. The average molecular weight is 347 g/mol. The summed E-state index contributed by atoms with van der Waals surface area (Å²) in [6.45, 7) is 8.58. The van der Waals surface area contributed by atoms with Crippen molar-refractivity contribution in [1.29, 1.82) is 0 Å². The zero-order valence-electron chi connectivity index (χ0n) is 14.9. The molecule has 1 heterocycles. The number of aliphatic hydroxyl groups is 2. The fourth-order valence-corrected chi connectivity index (χ4v) is 2.41. The highest BCUT2D eigenvalue weighted by Crippen LogP contribution is 2.26. The number of aliphatic hydroxyl groups excluding tert-OH is 2. The molecule has 5 unspecified atom stereocenters.